The molecular formula is C14H21ClIN3O. The molecule has 1 aromatic carbocycles. The summed E-state index contributed by atoms with van der Waals surface area (Å²) in [5.41, 5.74) is 6.64. The Morgan fingerprint density at radius 1 is 1.30 bits per heavy atom. The van der Waals surface area contributed by atoms with E-state index < -0.39 is 6.10 Å². The number of guanidine groups is 1. The molecule has 3 N–H and O–H groups in total. The van der Waals surface area contributed by atoms with Crippen molar-refractivity contribution >= 4 is 41.5 Å². The Bertz CT molecular complexity index is 450. The Morgan fingerprint density at radius 3 is 2.60 bits per heavy atom. The van der Waals surface area contributed by atoms with Crippen molar-refractivity contribution in [1.82, 2.24) is 4.90 Å². The fourth-order valence-corrected chi connectivity index (χ4v) is 2.51. The lowest BCUT2D eigenvalue weighted by atomic mass is 10.1. The number of piperidine rings is 1. The third-order valence-electron chi connectivity index (χ3n) is 3.37. The van der Waals surface area contributed by atoms with Crippen LogP contribution in [-0.2, 0) is 0 Å². The molecule has 0 spiro atoms. The highest BCUT2D eigenvalue weighted by molar-refractivity contribution is 14.0. The van der Waals surface area contributed by atoms with Gasteiger partial charge in [-0.3, -0.25) is 4.99 Å². The van der Waals surface area contributed by atoms with Gasteiger partial charge in [0.15, 0.2) is 5.96 Å². The molecule has 2 rings (SSSR count). The van der Waals surface area contributed by atoms with Crippen LogP contribution >= 0.6 is 35.6 Å². The summed E-state index contributed by atoms with van der Waals surface area (Å²) in [5, 5.41) is 10.6. The molecule has 20 heavy (non-hydrogen) atoms. The van der Waals surface area contributed by atoms with Crippen molar-refractivity contribution in [3.05, 3.63) is 34.9 Å². The van der Waals surface area contributed by atoms with E-state index in [1.165, 1.54) is 6.42 Å². The molecule has 0 radical (unpaired) electrons. The Labute approximate surface area is 142 Å². The van der Waals surface area contributed by atoms with Gasteiger partial charge in [0.05, 0.1) is 6.54 Å². The zero-order chi connectivity index (χ0) is 13.7. The van der Waals surface area contributed by atoms with Gasteiger partial charge in [-0.05, 0) is 25.3 Å². The Morgan fingerprint density at radius 2 is 1.95 bits per heavy atom. The predicted molar refractivity (Wildman–Crippen MR) is 93.7 cm³/mol. The van der Waals surface area contributed by atoms with Gasteiger partial charge in [-0.15, -0.1) is 24.0 Å². The highest BCUT2D eigenvalue weighted by Gasteiger charge is 2.14. The number of benzene rings is 1. The number of hydrogen-bond donors (Lipinski definition) is 2. The monoisotopic (exact) mass is 409 g/mol. The van der Waals surface area contributed by atoms with Crippen molar-refractivity contribution in [1.29, 1.82) is 0 Å². The average molecular weight is 410 g/mol. The quantitative estimate of drug-likeness (QED) is 0.458. The molecule has 1 aliphatic rings. The molecule has 112 valence electrons. The van der Waals surface area contributed by atoms with E-state index in [9.17, 15) is 5.11 Å². The number of aliphatic hydroxyl groups is 1. The summed E-state index contributed by atoms with van der Waals surface area (Å²) in [6.07, 6.45) is 2.86. The topological polar surface area (TPSA) is 61.9 Å². The van der Waals surface area contributed by atoms with E-state index in [4.69, 9.17) is 17.3 Å². The predicted octanol–water partition coefficient (Wildman–Crippen LogP) is 2.79. The van der Waals surface area contributed by atoms with Crippen molar-refractivity contribution in [2.75, 3.05) is 19.6 Å². The second kappa shape index (κ2) is 8.69. The van der Waals surface area contributed by atoms with Crippen molar-refractivity contribution in [3.8, 4) is 0 Å². The molecule has 1 fully saturated rings. The molecule has 1 atom stereocenters. The minimum atomic E-state index is -0.711. The number of nitrogens with two attached hydrogens (primary N) is 1. The molecule has 0 bridgehead atoms. The molecule has 0 saturated carbocycles. The van der Waals surface area contributed by atoms with Gasteiger partial charge < -0.3 is 15.7 Å². The molecule has 1 unspecified atom stereocenters. The van der Waals surface area contributed by atoms with Crippen LogP contribution in [0.15, 0.2) is 29.3 Å². The molecule has 6 heteroatoms. The van der Waals surface area contributed by atoms with Gasteiger partial charge in [0.25, 0.3) is 0 Å². The number of nitrogens with zero attached hydrogens (tertiary/aromatic N) is 2. The number of aliphatic imine (C=N–C) groups is 1. The maximum atomic E-state index is 10.1. The first kappa shape index (κ1) is 17.5. The van der Waals surface area contributed by atoms with E-state index in [0.29, 0.717) is 16.5 Å². The molecule has 0 aromatic heterocycles. The first-order chi connectivity index (χ1) is 9.18. The summed E-state index contributed by atoms with van der Waals surface area (Å²) in [5.74, 6) is 0.519. The van der Waals surface area contributed by atoms with E-state index >= 15 is 0 Å². The summed E-state index contributed by atoms with van der Waals surface area (Å²) in [7, 11) is 0. The Kier molecular flexibility index (Phi) is 7.61. The minimum absolute atomic E-state index is 0. The van der Waals surface area contributed by atoms with Gasteiger partial charge in [0.1, 0.15) is 6.10 Å². The Balaban J connectivity index is 0.00000200. The summed E-state index contributed by atoms with van der Waals surface area (Å²) in [6.45, 7) is 2.15. The van der Waals surface area contributed by atoms with Crippen molar-refractivity contribution < 1.29 is 5.11 Å². The van der Waals surface area contributed by atoms with Crippen LogP contribution in [0.1, 0.15) is 30.9 Å². The molecule has 0 aliphatic carbocycles. The van der Waals surface area contributed by atoms with Gasteiger partial charge in [-0.1, -0.05) is 29.8 Å². The second-order valence-corrected chi connectivity index (χ2v) is 5.19. The molecule has 1 saturated heterocycles. The lowest BCUT2D eigenvalue weighted by Gasteiger charge is -2.27. The van der Waals surface area contributed by atoms with Crippen LogP contribution in [0.2, 0.25) is 5.02 Å². The SMILES string of the molecule is I.NC(=NCC(O)c1ccccc1Cl)N1CCCCC1. The molecular weight excluding hydrogens is 389 g/mol. The van der Waals surface area contributed by atoms with E-state index in [-0.39, 0.29) is 30.5 Å². The van der Waals surface area contributed by atoms with Crippen LogP contribution in [-0.4, -0.2) is 35.6 Å². The molecule has 1 heterocycles. The zero-order valence-electron chi connectivity index (χ0n) is 11.3. The molecule has 1 aromatic rings. The van der Waals surface area contributed by atoms with E-state index in [2.05, 4.69) is 9.89 Å². The van der Waals surface area contributed by atoms with Crippen LogP contribution in [0, 0.1) is 0 Å². The Hall–Kier alpha value is -0.530. The maximum absolute atomic E-state index is 10.1. The molecule has 0 amide bonds. The van der Waals surface area contributed by atoms with Crippen LogP contribution in [0.3, 0.4) is 0 Å². The van der Waals surface area contributed by atoms with E-state index in [0.717, 1.165) is 25.9 Å². The van der Waals surface area contributed by atoms with Crippen molar-refractivity contribution in [2.24, 2.45) is 10.7 Å². The van der Waals surface area contributed by atoms with Crippen LogP contribution in [0.5, 0.6) is 0 Å². The van der Waals surface area contributed by atoms with Gasteiger partial charge in [-0.2, -0.15) is 0 Å². The number of likely N-dealkylation sites (tertiary alicyclic amines) is 1. The second-order valence-electron chi connectivity index (χ2n) is 4.78. The molecule has 4 nitrogen and oxygen atoms in total. The number of halogens is 2. The fourth-order valence-electron chi connectivity index (χ4n) is 2.25. The summed E-state index contributed by atoms with van der Waals surface area (Å²) in [4.78, 5) is 6.35. The number of rotatable bonds is 3. The van der Waals surface area contributed by atoms with Crippen molar-refractivity contribution in [3.63, 3.8) is 0 Å². The van der Waals surface area contributed by atoms with Crippen LogP contribution < -0.4 is 5.73 Å². The highest BCUT2D eigenvalue weighted by Crippen LogP contribution is 2.22. The van der Waals surface area contributed by atoms with Crippen LogP contribution in [0.25, 0.3) is 0 Å². The highest BCUT2D eigenvalue weighted by atomic mass is 127. The largest absolute Gasteiger partial charge is 0.386 e. The standard InChI is InChI=1S/C14H20ClN3O.HI/c15-12-7-3-2-6-11(12)13(19)10-17-14(16)18-8-4-1-5-9-18;/h2-3,6-7,13,19H,1,4-5,8-10H2,(H2,16,17);1H. The summed E-state index contributed by atoms with van der Waals surface area (Å²) in [6, 6.07) is 7.25. The van der Waals surface area contributed by atoms with Crippen LogP contribution in [0.4, 0.5) is 0 Å². The third kappa shape index (κ3) is 4.79. The lowest BCUT2D eigenvalue weighted by Crippen LogP contribution is -2.41. The first-order valence-electron chi connectivity index (χ1n) is 6.66. The van der Waals surface area contributed by atoms with Gasteiger partial charge >= 0.3 is 0 Å². The minimum Gasteiger partial charge on any atom is -0.386 e. The number of hydrogen-bond acceptors (Lipinski definition) is 2. The zero-order valence-corrected chi connectivity index (χ0v) is 14.4. The van der Waals surface area contributed by atoms with Crippen molar-refractivity contribution in [2.45, 2.75) is 25.4 Å². The first-order valence-corrected chi connectivity index (χ1v) is 7.03. The summed E-state index contributed by atoms with van der Waals surface area (Å²) >= 11 is 6.03. The smallest absolute Gasteiger partial charge is 0.191 e. The number of aliphatic hydroxyl groups excluding tert-OH is 1. The molecule has 1 aliphatic heterocycles. The maximum Gasteiger partial charge on any atom is 0.191 e. The van der Waals surface area contributed by atoms with Gasteiger partial charge in [0, 0.05) is 23.7 Å². The van der Waals surface area contributed by atoms with Gasteiger partial charge in [-0.25, -0.2) is 0 Å². The third-order valence-corrected chi connectivity index (χ3v) is 3.71. The fraction of sp³-hybridized carbons (Fsp3) is 0.500. The van der Waals surface area contributed by atoms with E-state index in [1.807, 2.05) is 12.1 Å². The average Bonchev–Trinajstić information content (AvgIpc) is 2.46. The summed E-state index contributed by atoms with van der Waals surface area (Å²) < 4.78 is 0. The normalized spacial score (nSPS) is 17.5. The van der Waals surface area contributed by atoms with E-state index in [1.54, 1.807) is 12.1 Å². The van der Waals surface area contributed by atoms with Gasteiger partial charge in [0.2, 0.25) is 0 Å². The lowest BCUT2D eigenvalue weighted by molar-refractivity contribution is 0.186.